The molecule has 0 spiro atoms. The van der Waals surface area contributed by atoms with Gasteiger partial charge in [0.2, 0.25) is 0 Å². The van der Waals surface area contributed by atoms with E-state index in [0.29, 0.717) is 43.9 Å². The molecule has 0 unspecified atom stereocenters. The second-order valence-corrected chi connectivity index (χ2v) is 6.87. The first kappa shape index (κ1) is 19.9. The van der Waals surface area contributed by atoms with Crippen molar-refractivity contribution in [2.24, 2.45) is 13.0 Å². The zero-order chi connectivity index (χ0) is 20.1. The Morgan fingerprint density at radius 3 is 2.50 bits per heavy atom. The summed E-state index contributed by atoms with van der Waals surface area (Å²) in [6.07, 6.45) is 3.57. The van der Waals surface area contributed by atoms with Crippen LogP contribution in [-0.2, 0) is 23.2 Å². The fraction of sp³-hybridized carbons (Fsp3) is 0.450. The van der Waals surface area contributed by atoms with Crippen LogP contribution in [0, 0.1) is 5.92 Å². The van der Waals surface area contributed by atoms with Gasteiger partial charge in [-0.15, -0.1) is 0 Å². The summed E-state index contributed by atoms with van der Waals surface area (Å²) in [6, 6.07) is 7.02. The fourth-order valence-electron chi connectivity index (χ4n) is 3.29. The number of hydrogen-bond donors (Lipinski definition) is 1. The summed E-state index contributed by atoms with van der Waals surface area (Å²) in [4.78, 5) is 30.1. The van der Waals surface area contributed by atoms with Gasteiger partial charge in [0.1, 0.15) is 18.2 Å². The first-order valence-corrected chi connectivity index (χ1v) is 9.24. The van der Waals surface area contributed by atoms with E-state index in [-0.39, 0.29) is 11.8 Å². The molecule has 1 aromatic carbocycles. The number of benzene rings is 1. The number of aliphatic hydroxyl groups excluding tert-OH is 1. The minimum Gasteiger partial charge on any atom is -0.486 e. The molecular formula is C20H25N3O5. The highest BCUT2D eigenvalue weighted by Crippen LogP contribution is 2.23. The number of methoxy groups -OCH3 is 1. The largest absolute Gasteiger partial charge is 0.486 e. The van der Waals surface area contributed by atoms with Gasteiger partial charge >= 0.3 is 5.97 Å². The maximum atomic E-state index is 12.7. The van der Waals surface area contributed by atoms with Gasteiger partial charge in [-0.3, -0.25) is 4.79 Å². The Kier molecular flexibility index (Phi) is 6.30. The van der Waals surface area contributed by atoms with Crippen molar-refractivity contribution in [2.75, 3.05) is 20.2 Å². The lowest BCUT2D eigenvalue weighted by Gasteiger charge is -2.33. The normalized spacial score (nSPS) is 15.9. The smallest absolute Gasteiger partial charge is 0.334 e. The lowest BCUT2D eigenvalue weighted by Crippen LogP contribution is -2.43. The molecule has 0 radical (unpaired) electrons. The maximum absolute atomic E-state index is 12.7. The summed E-state index contributed by atoms with van der Waals surface area (Å²) in [6.45, 7) is 1.34. The zero-order valence-corrected chi connectivity index (χ0v) is 16.1. The number of aryl methyl sites for hydroxylation is 1. The molecule has 8 nitrogen and oxygen atoms in total. The molecule has 0 aliphatic carbocycles. The van der Waals surface area contributed by atoms with Gasteiger partial charge in [0, 0.05) is 38.1 Å². The summed E-state index contributed by atoms with van der Waals surface area (Å²) >= 11 is 0. The highest BCUT2D eigenvalue weighted by molar-refractivity contribution is 5.94. The van der Waals surface area contributed by atoms with Crippen molar-refractivity contribution in [3.8, 4) is 5.75 Å². The minimum atomic E-state index is -1.13. The number of carbonyl (C=O) groups excluding carboxylic acids is 2. The van der Waals surface area contributed by atoms with Crippen LogP contribution in [0.15, 0.2) is 36.7 Å². The lowest BCUT2D eigenvalue weighted by atomic mass is 9.91. The molecule has 1 aliphatic rings. The number of likely N-dealkylation sites (tertiary alicyclic amines) is 1. The van der Waals surface area contributed by atoms with E-state index in [1.165, 1.54) is 7.11 Å². The predicted molar refractivity (Wildman–Crippen MR) is 101 cm³/mol. The van der Waals surface area contributed by atoms with Crippen molar-refractivity contribution >= 4 is 11.9 Å². The van der Waals surface area contributed by atoms with Gasteiger partial charge in [-0.1, -0.05) is 0 Å². The van der Waals surface area contributed by atoms with Gasteiger partial charge < -0.3 is 24.0 Å². The van der Waals surface area contributed by atoms with Crippen LogP contribution in [0.3, 0.4) is 0 Å². The Morgan fingerprint density at radius 2 is 1.93 bits per heavy atom. The van der Waals surface area contributed by atoms with Gasteiger partial charge in [0.25, 0.3) is 5.91 Å². The molecule has 1 N–H and O–H groups in total. The minimum absolute atomic E-state index is 0.0679. The molecule has 3 rings (SSSR count). The number of imidazole rings is 1. The molecule has 1 amide bonds. The molecular weight excluding hydrogens is 362 g/mol. The third-order valence-corrected chi connectivity index (χ3v) is 5.11. The third-order valence-electron chi connectivity index (χ3n) is 5.11. The third kappa shape index (κ3) is 4.51. The van der Waals surface area contributed by atoms with E-state index < -0.39 is 12.1 Å². The molecule has 1 aromatic heterocycles. The maximum Gasteiger partial charge on any atom is 0.334 e. The Bertz CT molecular complexity index is 810. The molecule has 28 heavy (non-hydrogen) atoms. The van der Waals surface area contributed by atoms with Crippen molar-refractivity contribution in [1.29, 1.82) is 0 Å². The predicted octanol–water partition coefficient (Wildman–Crippen LogP) is 1.39. The Balaban J connectivity index is 1.52. The first-order valence-electron chi connectivity index (χ1n) is 9.24. The molecule has 1 aliphatic heterocycles. The summed E-state index contributed by atoms with van der Waals surface area (Å²) in [5.74, 6) is 0.614. The number of rotatable bonds is 6. The van der Waals surface area contributed by atoms with Crippen molar-refractivity contribution in [3.63, 3.8) is 0 Å². The Hall–Kier alpha value is -2.87. The number of ether oxygens (including phenoxy) is 2. The average molecular weight is 387 g/mol. The van der Waals surface area contributed by atoms with Crippen molar-refractivity contribution in [3.05, 3.63) is 48.0 Å². The van der Waals surface area contributed by atoms with Crippen molar-refractivity contribution < 1.29 is 24.2 Å². The number of hydrogen-bond acceptors (Lipinski definition) is 6. The van der Waals surface area contributed by atoms with E-state index in [4.69, 9.17) is 4.74 Å². The van der Waals surface area contributed by atoms with Crippen molar-refractivity contribution in [1.82, 2.24) is 14.5 Å². The van der Waals surface area contributed by atoms with Crippen LogP contribution in [0.25, 0.3) is 0 Å². The van der Waals surface area contributed by atoms with Gasteiger partial charge in [0.05, 0.1) is 7.11 Å². The van der Waals surface area contributed by atoms with E-state index >= 15 is 0 Å². The topological polar surface area (TPSA) is 93.9 Å². The number of aromatic nitrogens is 2. The molecule has 1 saturated heterocycles. The van der Waals surface area contributed by atoms with Gasteiger partial charge in [-0.2, -0.15) is 0 Å². The van der Waals surface area contributed by atoms with E-state index in [1.807, 2.05) is 17.8 Å². The quantitative estimate of drug-likeness (QED) is 0.753. The molecule has 1 atom stereocenters. The van der Waals surface area contributed by atoms with Gasteiger partial charge in [0.15, 0.2) is 6.10 Å². The SMILES string of the molecule is COC(=O)[C@H](O)C1CCN(C(=O)c2ccc(OCc3nccn3C)cc2)CC1. The summed E-state index contributed by atoms with van der Waals surface area (Å²) in [5.41, 5.74) is 0.580. The Morgan fingerprint density at radius 1 is 1.25 bits per heavy atom. The van der Waals surface area contributed by atoms with E-state index in [1.54, 1.807) is 35.4 Å². The van der Waals surface area contributed by atoms with Gasteiger partial charge in [-0.05, 0) is 43.0 Å². The molecule has 2 heterocycles. The van der Waals surface area contributed by atoms with Crippen LogP contribution >= 0.6 is 0 Å². The van der Waals surface area contributed by atoms with Crippen LogP contribution in [0.4, 0.5) is 0 Å². The van der Waals surface area contributed by atoms with E-state index in [2.05, 4.69) is 9.72 Å². The molecule has 2 aromatic rings. The molecule has 1 fully saturated rings. The summed E-state index contributed by atoms with van der Waals surface area (Å²) in [5, 5.41) is 9.95. The van der Waals surface area contributed by atoms with E-state index in [9.17, 15) is 14.7 Å². The number of nitrogens with zero attached hydrogens (tertiary/aromatic N) is 3. The van der Waals surface area contributed by atoms with Crippen LogP contribution in [0.1, 0.15) is 29.0 Å². The molecule has 0 bridgehead atoms. The standard InChI is InChI=1S/C20H25N3O5/c1-22-12-9-21-17(22)13-28-16-5-3-15(4-6-16)19(25)23-10-7-14(8-11-23)18(24)20(26)27-2/h3-6,9,12,14,18,24H,7-8,10-11,13H2,1-2H3/t18-/m1/s1. The highest BCUT2D eigenvalue weighted by Gasteiger charge is 2.32. The van der Waals surface area contributed by atoms with Crippen LogP contribution in [0.2, 0.25) is 0 Å². The summed E-state index contributed by atoms with van der Waals surface area (Å²) in [7, 11) is 3.16. The zero-order valence-electron chi connectivity index (χ0n) is 16.1. The molecule has 8 heteroatoms. The monoisotopic (exact) mass is 387 g/mol. The fourth-order valence-corrected chi connectivity index (χ4v) is 3.29. The van der Waals surface area contributed by atoms with Gasteiger partial charge in [-0.25, -0.2) is 9.78 Å². The average Bonchev–Trinajstić information content (AvgIpc) is 3.15. The molecule has 150 valence electrons. The number of amides is 1. The first-order chi connectivity index (χ1) is 13.5. The number of aliphatic hydroxyl groups is 1. The second-order valence-electron chi connectivity index (χ2n) is 6.87. The lowest BCUT2D eigenvalue weighted by molar-refractivity contribution is -0.154. The van der Waals surface area contributed by atoms with E-state index in [0.717, 1.165) is 5.82 Å². The van der Waals surface area contributed by atoms with Crippen molar-refractivity contribution in [2.45, 2.75) is 25.6 Å². The number of esters is 1. The summed E-state index contributed by atoms with van der Waals surface area (Å²) < 4.78 is 12.2. The van der Waals surface area contributed by atoms with Crippen LogP contribution in [-0.4, -0.2) is 57.7 Å². The van der Waals surface area contributed by atoms with Crippen LogP contribution < -0.4 is 4.74 Å². The van der Waals surface area contributed by atoms with Crippen LogP contribution in [0.5, 0.6) is 5.75 Å². The highest BCUT2D eigenvalue weighted by atomic mass is 16.5. The molecule has 0 saturated carbocycles. The number of carbonyl (C=O) groups is 2. The second kappa shape index (κ2) is 8.88. The Labute approximate surface area is 163 Å². The number of piperidine rings is 1.